The summed E-state index contributed by atoms with van der Waals surface area (Å²) in [6.07, 6.45) is 0.0908. The van der Waals surface area contributed by atoms with Crippen molar-refractivity contribution in [2.75, 3.05) is 5.73 Å². The van der Waals surface area contributed by atoms with Crippen LogP contribution in [0.15, 0.2) is 42.5 Å². The predicted octanol–water partition coefficient (Wildman–Crippen LogP) is 3.72. The van der Waals surface area contributed by atoms with E-state index >= 15 is 0 Å². The second-order valence-electron chi connectivity index (χ2n) is 5.53. The van der Waals surface area contributed by atoms with Crippen molar-refractivity contribution in [1.29, 1.82) is 0 Å². The first-order valence-electron chi connectivity index (χ1n) is 7.36. The Kier molecular flexibility index (Phi) is 6.91. The van der Waals surface area contributed by atoms with Gasteiger partial charge in [0.2, 0.25) is 0 Å². The number of amides is 1. The van der Waals surface area contributed by atoms with Gasteiger partial charge in [-0.1, -0.05) is 24.3 Å². The third-order valence-corrected chi connectivity index (χ3v) is 3.28. The van der Waals surface area contributed by atoms with Crippen LogP contribution in [0.2, 0.25) is 0 Å². The number of aryl methyl sites for hydroxylation is 1. The van der Waals surface area contributed by atoms with Gasteiger partial charge in [0.15, 0.2) is 0 Å². The highest BCUT2D eigenvalue weighted by molar-refractivity contribution is 5.96. The van der Waals surface area contributed by atoms with Crippen LogP contribution in [-0.4, -0.2) is 12.0 Å². The lowest BCUT2D eigenvalue weighted by Crippen LogP contribution is -2.24. The van der Waals surface area contributed by atoms with E-state index in [1.807, 2.05) is 51.1 Å². The summed E-state index contributed by atoms with van der Waals surface area (Å²) >= 11 is 0. The van der Waals surface area contributed by atoms with Gasteiger partial charge in [0.05, 0.1) is 6.10 Å². The average Bonchev–Trinajstić information content (AvgIpc) is 2.48. The molecule has 0 saturated heterocycles. The van der Waals surface area contributed by atoms with Crippen LogP contribution in [0.1, 0.15) is 35.3 Å². The fourth-order valence-electron chi connectivity index (χ4n) is 2.17. The van der Waals surface area contributed by atoms with Gasteiger partial charge in [-0.05, 0) is 44.5 Å². The smallest absolute Gasteiger partial charge is 0.251 e. The van der Waals surface area contributed by atoms with Crippen molar-refractivity contribution in [2.24, 2.45) is 0 Å². The molecular weight excluding hydrogens is 312 g/mol. The number of carbonyl (C=O) groups excluding carboxylic acids is 1. The maximum Gasteiger partial charge on any atom is 0.251 e. The Bertz CT molecular complexity index is 672. The first-order chi connectivity index (χ1) is 10.5. The maximum atomic E-state index is 12.3. The lowest BCUT2D eigenvalue weighted by atomic mass is 10.1. The molecule has 124 valence electrons. The summed E-state index contributed by atoms with van der Waals surface area (Å²) in [4.78, 5) is 12.3. The van der Waals surface area contributed by atoms with E-state index < -0.39 is 0 Å². The third-order valence-electron chi connectivity index (χ3n) is 3.28. The van der Waals surface area contributed by atoms with Gasteiger partial charge >= 0.3 is 0 Å². The molecule has 0 bridgehead atoms. The van der Waals surface area contributed by atoms with Crippen molar-refractivity contribution in [3.8, 4) is 5.75 Å². The summed E-state index contributed by atoms with van der Waals surface area (Å²) < 4.78 is 5.75. The number of ether oxygens (including phenoxy) is 1. The topological polar surface area (TPSA) is 64.4 Å². The molecule has 2 rings (SSSR count). The highest BCUT2D eigenvalue weighted by atomic mass is 35.5. The maximum absolute atomic E-state index is 12.3. The number of nitrogens with two attached hydrogens (primary N) is 1. The van der Waals surface area contributed by atoms with Crippen LogP contribution in [0, 0.1) is 6.92 Å². The fraction of sp³-hybridized carbons (Fsp3) is 0.278. The quantitative estimate of drug-likeness (QED) is 0.819. The second-order valence-corrected chi connectivity index (χ2v) is 5.53. The van der Waals surface area contributed by atoms with Crippen LogP contribution in [-0.2, 0) is 6.54 Å². The fourth-order valence-corrected chi connectivity index (χ4v) is 2.17. The highest BCUT2D eigenvalue weighted by Crippen LogP contribution is 2.19. The molecule has 0 unspecified atom stereocenters. The van der Waals surface area contributed by atoms with Gasteiger partial charge in [0, 0.05) is 23.4 Å². The minimum absolute atomic E-state index is 0. The standard InChI is InChI=1S/C18H22N2O2.ClH/c1-12(2)22-17-7-5-4-6-14(17)11-20-18(21)16-10-15(19)9-8-13(16)3;/h4-10,12H,11,19H2,1-3H3,(H,20,21);1H. The van der Waals surface area contributed by atoms with Gasteiger partial charge in [0.25, 0.3) is 5.91 Å². The molecule has 3 N–H and O–H groups in total. The number of para-hydroxylation sites is 1. The number of hydrogen-bond acceptors (Lipinski definition) is 3. The third kappa shape index (κ3) is 5.18. The first-order valence-corrected chi connectivity index (χ1v) is 7.36. The van der Waals surface area contributed by atoms with Gasteiger partial charge in [-0.3, -0.25) is 4.79 Å². The van der Waals surface area contributed by atoms with Gasteiger partial charge in [0.1, 0.15) is 5.75 Å². The van der Waals surface area contributed by atoms with E-state index in [9.17, 15) is 4.79 Å². The van der Waals surface area contributed by atoms with E-state index in [1.165, 1.54) is 0 Å². The number of rotatable bonds is 5. The first kappa shape index (κ1) is 18.8. The normalized spacial score (nSPS) is 10.1. The average molecular weight is 335 g/mol. The van der Waals surface area contributed by atoms with E-state index in [0.29, 0.717) is 17.8 Å². The van der Waals surface area contributed by atoms with Crippen LogP contribution in [0.25, 0.3) is 0 Å². The summed E-state index contributed by atoms with van der Waals surface area (Å²) in [5.74, 6) is 0.659. The zero-order chi connectivity index (χ0) is 16.1. The molecule has 2 aromatic rings. The number of hydrogen-bond donors (Lipinski definition) is 2. The number of nitrogen functional groups attached to an aromatic ring is 1. The minimum atomic E-state index is -0.135. The molecule has 0 aliphatic rings. The van der Waals surface area contributed by atoms with Crippen molar-refractivity contribution in [3.63, 3.8) is 0 Å². The molecule has 4 nitrogen and oxygen atoms in total. The summed E-state index contributed by atoms with van der Waals surface area (Å²) in [7, 11) is 0. The largest absolute Gasteiger partial charge is 0.491 e. The number of anilines is 1. The van der Waals surface area contributed by atoms with E-state index in [0.717, 1.165) is 16.9 Å². The molecule has 0 atom stereocenters. The Morgan fingerprint density at radius 2 is 1.91 bits per heavy atom. The molecule has 0 spiro atoms. The van der Waals surface area contributed by atoms with Crippen LogP contribution >= 0.6 is 12.4 Å². The Hall–Kier alpha value is -2.20. The Balaban J connectivity index is 0.00000264. The lowest BCUT2D eigenvalue weighted by molar-refractivity contribution is 0.0950. The molecule has 0 aromatic heterocycles. The van der Waals surface area contributed by atoms with Crippen LogP contribution in [0.4, 0.5) is 5.69 Å². The van der Waals surface area contributed by atoms with Gasteiger partial charge in [-0.25, -0.2) is 0 Å². The van der Waals surface area contributed by atoms with E-state index in [1.54, 1.807) is 12.1 Å². The van der Waals surface area contributed by atoms with Crippen LogP contribution < -0.4 is 15.8 Å². The molecule has 1 amide bonds. The van der Waals surface area contributed by atoms with Crippen molar-refractivity contribution < 1.29 is 9.53 Å². The molecule has 0 aliphatic heterocycles. The Labute approximate surface area is 143 Å². The van der Waals surface area contributed by atoms with Crippen molar-refractivity contribution >= 4 is 24.0 Å². The Morgan fingerprint density at radius 1 is 1.22 bits per heavy atom. The van der Waals surface area contributed by atoms with E-state index in [4.69, 9.17) is 10.5 Å². The minimum Gasteiger partial charge on any atom is -0.491 e. The number of halogens is 1. The monoisotopic (exact) mass is 334 g/mol. The summed E-state index contributed by atoms with van der Waals surface area (Å²) in [5.41, 5.74) is 8.78. The zero-order valence-electron chi connectivity index (χ0n) is 13.6. The molecule has 0 heterocycles. The van der Waals surface area contributed by atoms with Gasteiger partial charge < -0.3 is 15.8 Å². The van der Waals surface area contributed by atoms with Crippen molar-refractivity contribution in [1.82, 2.24) is 5.32 Å². The lowest BCUT2D eigenvalue weighted by Gasteiger charge is -2.15. The molecule has 23 heavy (non-hydrogen) atoms. The summed E-state index contributed by atoms with van der Waals surface area (Å²) in [6.45, 7) is 6.26. The van der Waals surface area contributed by atoms with E-state index in [-0.39, 0.29) is 24.4 Å². The molecular formula is C18H23ClN2O2. The molecule has 5 heteroatoms. The zero-order valence-corrected chi connectivity index (χ0v) is 14.4. The predicted molar refractivity (Wildman–Crippen MR) is 96.2 cm³/mol. The van der Waals surface area contributed by atoms with Crippen LogP contribution in [0.5, 0.6) is 5.75 Å². The van der Waals surface area contributed by atoms with Crippen molar-refractivity contribution in [2.45, 2.75) is 33.4 Å². The SMILES string of the molecule is Cc1ccc(N)cc1C(=O)NCc1ccccc1OC(C)C.Cl. The molecule has 0 radical (unpaired) electrons. The molecule has 0 aliphatic carbocycles. The number of carbonyl (C=O) groups is 1. The van der Waals surface area contributed by atoms with E-state index in [2.05, 4.69) is 5.32 Å². The molecule has 0 saturated carbocycles. The number of benzene rings is 2. The van der Waals surface area contributed by atoms with Crippen LogP contribution in [0.3, 0.4) is 0 Å². The second kappa shape index (κ2) is 8.44. The summed E-state index contributed by atoms with van der Waals surface area (Å²) in [5, 5.41) is 2.92. The number of nitrogens with one attached hydrogen (secondary N) is 1. The van der Waals surface area contributed by atoms with Crippen molar-refractivity contribution in [3.05, 3.63) is 59.2 Å². The highest BCUT2D eigenvalue weighted by Gasteiger charge is 2.11. The van der Waals surface area contributed by atoms with Gasteiger partial charge in [-0.15, -0.1) is 12.4 Å². The summed E-state index contributed by atoms with van der Waals surface area (Å²) in [6, 6.07) is 13.0. The Morgan fingerprint density at radius 3 is 2.61 bits per heavy atom. The molecule has 0 fully saturated rings. The molecule has 2 aromatic carbocycles. The van der Waals surface area contributed by atoms with Gasteiger partial charge in [-0.2, -0.15) is 0 Å².